The number of rotatable bonds is 8. The summed E-state index contributed by atoms with van der Waals surface area (Å²) in [7, 11) is 0. The average Bonchev–Trinajstić information content (AvgIpc) is 2.86. The number of H-pyrrole nitrogens is 1. The molecule has 3 aromatic rings. The summed E-state index contributed by atoms with van der Waals surface area (Å²) in [6, 6.07) is 7.05. The van der Waals surface area contributed by atoms with E-state index in [2.05, 4.69) is 15.2 Å². The van der Waals surface area contributed by atoms with Crippen molar-refractivity contribution in [1.82, 2.24) is 15.2 Å². The highest BCUT2D eigenvalue weighted by Gasteiger charge is 2.31. The van der Waals surface area contributed by atoms with E-state index in [0.717, 1.165) is 49.9 Å². The largest absolute Gasteiger partial charge is 0.507 e. The van der Waals surface area contributed by atoms with Gasteiger partial charge in [0.2, 0.25) is 5.91 Å². The number of thioether (sulfide) groups is 1. The fourth-order valence-electron chi connectivity index (χ4n) is 4.11. The monoisotopic (exact) mass is 555 g/mol. The molecule has 3 N–H and O–H groups in total. The third kappa shape index (κ3) is 6.78. The number of pyridine rings is 1. The third-order valence-corrected chi connectivity index (χ3v) is 7.27. The minimum absolute atomic E-state index is 0.00728. The van der Waals surface area contributed by atoms with E-state index >= 15 is 0 Å². The second-order valence-electron chi connectivity index (χ2n) is 8.52. The molecule has 1 amide bonds. The van der Waals surface area contributed by atoms with Gasteiger partial charge < -0.3 is 20.1 Å². The van der Waals surface area contributed by atoms with Crippen LogP contribution in [0.3, 0.4) is 0 Å². The van der Waals surface area contributed by atoms with Crippen LogP contribution in [0.2, 0.25) is 5.02 Å². The number of amides is 1. The van der Waals surface area contributed by atoms with Crippen molar-refractivity contribution >= 4 is 40.2 Å². The number of benzene rings is 2. The predicted molar refractivity (Wildman–Crippen MR) is 137 cm³/mol. The maximum Gasteiger partial charge on any atom is 0.416 e. The summed E-state index contributed by atoms with van der Waals surface area (Å²) < 4.78 is 45.8. The van der Waals surface area contributed by atoms with Crippen LogP contribution in [-0.4, -0.2) is 66.0 Å². The van der Waals surface area contributed by atoms with E-state index in [1.807, 2.05) is 0 Å². The van der Waals surface area contributed by atoms with Crippen LogP contribution in [0.4, 0.5) is 13.2 Å². The van der Waals surface area contributed by atoms with Crippen molar-refractivity contribution in [3.05, 3.63) is 57.3 Å². The molecular weight excluding hydrogens is 531 g/mol. The minimum atomic E-state index is -4.62. The van der Waals surface area contributed by atoms with Gasteiger partial charge in [-0.05, 0) is 49.4 Å². The highest BCUT2D eigenvalue weighted by molar-refractivity contribution is 8.00. The number of hydrogen-bond acceptors (Lipinski definition) is 6. The summed E-state index contributed by atoms with van der Waals surface area (Å²) in [6.07, 6.45) is -3.87. The molecule has 198 valence electrons. The van der Waals surface area contributed by atoms with Gasteiger partial charge in [0.25, 0.3) is 5.56 Å². The summed E-state index contributed by atoms with van der Waals surface area (Å²) in [5.74, 6) is -0.723. The number of aromatic amines is 1. The quantitative estimate of drug-likeness (QED) is 0.280. The van der Waals surface area contributed by atoms with Gasteiger partial charge in [-0.25, -0.2) is 0 Å². The Morgan fingerprint density at radius 3 is 2.68 bits per heavy atom. The van der Waals surface area contributed by atoms with Gasteiger partial charge in [0.15, 0.2) is 0 Å². The number of phenols is 1. The number of fused-ring (bicyclic) bond motifs is 1. The third-order valence-electron chi connectivity index (χ3n) is 5.95. The molecule has 0 saturated carbocycles. The lowest BCUT2D eigenvalue weighted by Gasteiger charge is -2.26. The Hall–Kier alpha value is -2.73. The van der Waals surface area contributed by atoms with E-state index in [4.69, 9.17) is 16.3 Å². The van der Waals surface area contributed by atoms with Gasteiger partial charge in [0.05, 0.1) is 29.4 Å². The number of carbonyl (C=O) groups is 1. The van der Waals surface area contributed by atoms with Crippen molar-refractivity contribution in [1.29, 1.82) is 0 Å². The molecule has 0 atom stereocenters. The van der Waals surface area contributed by atoms with Gasteiger partial charge in [-0.3, -0.25) is 14.5 Å². The summed E-state index contributed by atoms with van der Waals surface area (Å²) >= 11 is 7.00. The maximum absolute atomic E-state index is 13.5. The molecule has 0 aliphatic carbocycles. The minimum Gasteiger partial charge on any atom is -0.507 e. The number of aromatic nitrogens is 1. The molecule has 0 spiro atoms. The second-order valence-corrected chi connectivity index (χ2v) is 9.95. The highest BCUT2D eigenvalue weighted by Crippen LogP contribution is 2.42. The van der Waals surface area contributed by atoms with Crippen molar-refractivity contribution < 1.29 is 27.8 Å². The first-order valence-electron chi connectivity index (χ1n) is 11.6. The molecule has 1 aliphatic heterocycles. The van der Waals surface area contributed by atoms with Crippen LogP contribution in [0.25, 0.3) is 22.0 Å². The van der Waals surface area contributed by atoms with Crippen molar-refractivity contribution in [2.45, 2.75) is 17.5 Å². The number of ether oxygens (including phenoxy) is 1. The van der Waals surface area contributed by atoms with E-state index in [1.54, 1.807) is 0 Å². The van der Waals surface area contributed by atoms with Crippen LogP contribution < -0.4 is 10.9 Å². The van der Waals surface area contributed by atoms with Crippen LogP contribution >= 0.6 is 23.4 Å². The van der Waals surface area contributed by atoms with Gasteiger partial charge >= 0.3 is 6.18 Å². The van der Waals surface area contributed by atoms with Gasteiger partial charge in [-0.2, -0.15) is 13.2 Å². The van der Waals surface area contributed by atoms with Gasteiger partial charge in [0, 0.05) is 46.7 Å². The van der Waals surface area contributed by atoms with Crippen LogP contribution in [0.1, 0.15) is 12.0 Å². The fraction of sp³-hybridized carbons (Fsp3) is 0.360. The number of nitrogens with zero attached hydrogens (tertiary/aromatic N) is 1. The van der Waals surface area contributed by atoms with E-state index in [0.29, 0.717) is 19.8 Å². The number of phenolic OH excluding ortho intramolecular Hbond substituents is 1. The first kappa shape index (κ1) is 27.3. The number of carbonyl (C=O) groups excluding carboxylic acids is 1. The predicted octanol–water partition coefficient (Wildman–Crippen LogP) is 4.50. The molecular formula is C25H25ClF3N3O4S. The molecule has 0 unspecified atom stereocenters. The summed E-state index contributed by atoms with van der Waals surface area (Å²) in [5, 5.41) is 13.6. The molecule has 2 heterocycles. The number of hydrogen-bond donors (Lipinski definition) is 3. The normalized spacial score (nSPS) is 14.7. The van der Waals surface area contributed by atoms with Crippen LogP contribution in [0, 0.1) is 0 Å². The number of aromatic hydroxyl groups is 1. The Labute approximate surface area is 219 Å². The lowest BCUT2D eigenvalue weighted by molar-refractivity contribution is -0.137. The molecule has 2 aromatic carbocycles. The van der Waals surface area contributed by atoms with Crippen molar-refractivity contribution in [3.63, 3.8) is 0 Å². The Morgan fingerprint density at radius 1 is 1.19 bits per heavy atom. The van der Waals surface area contributed by atoms with Crippen LogP contribution in [-0.2, 0) is 15.7 Å². The molecule has 0 bridgehead atoms. The summed E-state index contributed by atoms with van der Waals surface area (Å²) in [5.41, 5.74) is -1.17. The van der Waals surface area contributed by atoms with E-state index < -0.39 is 17.3 Å². The van der Waals surface area contributed by atoms with Crippen LogP contribution in [0.15, 0.2) is 46.1 Å². The van der Waals surface area contributed by atoms with Crippen molar-refractivity contribution in [2.75, 3.05) is 45.1 Å². The van der Waals surface area contributed by atoms with Crippen molar-refractivity contribution in [3.8, 4) is 16.9 Å². The van der Waals surface area contributed by atoms with E-state index in [1.165, 1.54) is 24.3 Å². The molecule has 0 radical (unpaired) electrons. The lowest BCUT2D eigenvalue weighted by Crippen LogP contribution is -2.38. The summed E-state index contributed by atoms with van der Waals surface area (Å²) in [6.45, 7) is 4.35. The molecule has 37 heavy (non-hydrogen) atoms. The molecule has 4 rings (SSSR count). The topological polar surface area (TPSA) is 94.7 Å². The second kappa shape index (κ2) is 11.8. The van der Waals surface area contributed by atoms with Gasteiger partial charge in [-0.1, -0.05) is 11.6 Å². The number of halogens is 4. The summed E-state index contributed by atoms with van der Waals surface area (Å²) in [4.78, 5) is 30.3. The standard InChI is InChI=1S/C25H25ClF3N3O4S/c26-16-3-5-20(33)18(13-16)22-17-12-15(25(27,28)29)2-4-19(17)31-24(35)23(22)37-14-21(34)30-6-1-7-32-8-10-36-11-9-32/h2-5,12-13,33H,1,6-11,14H2,(H,30,34)(H,31,35). The Balaban J connectivity index is 1.60. The average molecular weight is 556 g/mol. The molecule has 1 aliphatic rings. The molecule has 12 heteroatoms. The maximum atomic E-state index is 13.5. The van der Waals surface area contributed by atoms with E-state index in [9.17, 15) is 27.9 Å². The van der Waals surface area contributed by atoms with Crippen molar-refractivity contribution in [2.24, 2.45) is 0 Å². The smallest absolute Gasteiger partial charge is 0.416 e. The fourth-order valence-corrected chi connectivity index (χ4v) is 5.20. The first-order valence-corrected chi connectivity index (χ1v) is 13.0. The Morgan fingerprint density at radius 2 is 1.95 bits per heavy atom. The zero-order valence-corrected chi connectivity index (χ0v) is 21.2. The van der Waals surface area contributed by atoms with Crippen LogP contribution in [0.5, 0.6) is 5.75 Å². The molecule has 1 saturated heterocycles. The number of morpholine rings is 1. The molecule has 1 aromatic heterocycles. The number of nitrogens with one attached hydrogen (secondary N) is 2. The van der Waals surface area contributed by atoms with E-state index in [-0.39, 0.29) is 49.4 Å². The number of alkyl halides is 3. The zero-order chi connectivity index (χ0) is 26.6. The molecule has 7 nitrogen and oxygen atoms in total. The molecule has 1 fully saturated rings. The SMILES string of the molecule is O=C(CSc1c(-c2cc(Cl)ccc2O)c2cc(C(F)(F)F)ccc2[nH]c1=O)NCCCN1CCOCC1. The Bertz CT molecular complexity index is 1340. The van der Waals surface area contributed by atoms with Gasteiger partial charge in [0.1, 0.15) is 5.75 Å². The first-order chi connectivity index (χ1) is 17.6. The lowest BCUT2D eigenvalue weighted by atomic mass is 9.98. The van der Waals surface area contributed by atoms with Gasteiger partial charge in [-0.15, -0.1) is 11.8 Å². The highest BCUT2D eigenvalue weighted by atomic mass is 35.5. The Kier molecular flexibility index (Phi) is 8.68. The zero-order valence-electron chi connectivity index (χ0n) is 19.7.